The van der Waals surface area contributed by atoms with Crippen LogP contribution in [0.3, 0.4) is 0 Å². The molecule has 3 nitrogen and oxygen atoms in total. The Kier molecular flexibility index (Phi) is 5.53. The number of benzene rings is 2. The Bertz CT molecular complexity index is 693. The van der Waals surface area contributed by atoms with E-state index < -0.39 is 17.3 Å². The van der Waals surface area contributed by atoms with Gasteiger partial charge in [-0.2, -0.15) is 13.2 Å². The van der Waals surface area contributed by atoms with Crippen molar-refractivity contribution in [2.24, 2.45) is 0 Å². The molecule has 0 aromatic heterocycles. The van der Waals surface area contributed by atoms with E-state index in [0.717, 1.165) is 23.4 Å². The molecule has 1 aliphatic heterocycles. The van der Waals surface area contributed by atoms with Crippen LogP contribution in [0, 0.1) is 0 Å². The number of aliphatic hydroxyl groups is 1. The zero-order chi connectivity index (χ0) is 18.6. The number of ether oxygens (including phenoxy) is 1. The molecule has 0 bridgehead atoms. The predicted molar refractivity (Wildman–Crippen MR) is 92.8 cm³/mol. The number of hydrogen-bond donors (Lipinski definition) is 1. The topological polar surface area (TPSA) is 32.7 Å². The van der Waals surface area contributed by atoms with Crippen molar-refractivity contribution in [3.05, 3.63) is 65.7 Å². The highest BCUT2D eigenvalue weighted by Gasteiger charge is 2.33. The van der Waals surface area contributed by atoms with Crippen LogP contribution < -0.4 is 4.74 Å². The van der Waals surface area contributed by atoms with E-state index in [1.54, 1.807) is 0 Å². The molecule has 140 valence electrons. The fraction of sp³-hybridized carbons (Fsp3) is 0.400. The first kappa shape index (κ1) is 18.7. The second-order valence-corrected chi connectivity index (χ2v) is 6.80. The third kappa shape index (κ3) is 4.99. The van der Waals surface area contributed by atoms with E-state index in [1.807, 2.05) is 30.3 Å². The molecule has 1 heterocycles. The van der Waals surface area contributed by atoms with Gasteiger partial charge in [-0.05, 0) is 42.7 Å². The minimum atomic E-state index is -4.31. The number of para-hydroxylation sites is 1. The zero-order valence-corrected chi connectivity index (χ0v) is 14.4. The monoisotopic (exact) mass is 365 g/mol. The van der Waals surface area contributed by atoms with E-state index in [4.69, 9.17) is 4.74 Å². The standard InChI is InChI=1S/C20H22F3NO2/c21-20(22,23)17-8-6-16(7-9-17)14-24-12-10-19(25,11-13-24)15-26-18-4-2-1-3-5-18/h1-9,25H,10-15H2. The Labute approximate surface area is 151 Å². The Morgan fingerprint density at radius 3 is 2.15 bits per heavy atom. The number of halogens is 3. The molecule has 0 spiro atoms. The smallest absolute Gasteiger partial charge is 0.416 e. The van der Waals surface area contributed by atoms with E-state index >= 15 is 0 Å². The summed E-state index contributed by atoms with van der Waals surface area (Å²) in [7, 11) is 0. The van der Waals surface area contributed by atoms with Crippen LogP contribution in [-0.4, -0.2) is 35.3 Å². The summed E-state index contributed by atoms with van der Waals surface area (Å²) < 4.78 is 43.5. The molecule has 2 aromatic rings. The number of likely N-dealkylation sites (tertiary alicyclic amines) is 1. The average Bonchev–Trinajstić information content (AvgIpc) is 2.63. The zero-order valence-electron chi connectivity index (χ0n) is 14.4. The summed E-state index contributed by atoms with van der Waals surface area (Å²) in [6, 6.07) is 14.6. The van der Waals surface area contributed by atoms with E-state index in [-0.39, 0.29) is 6.61 Å². The lowest BCUT2D eigenvalue weighted by molar-refractivity contribution is -0.137. The first-order valence-electron chi connectivity index (χ1n) is 8.63. The minimum Gasteiger partial charge on any atom is -0.491 e. The molecule has 1 N–H and O–H groups in total. The van der Waals surface area contributed by atoms with Gasteiger partial charge in [0.05, 0.1) is 5.56 Å². The third-order valence-electron chi connectivity index (χ3n) is 4.72. The van der Waals surface area contributed by atoms with Crippen LogP contribution in [0.15, 0.2) is 54.6 Å². The van der Waals surface area contributed by atoms with Gasteiger partial charge in [-0.3, -0.25) is 4.90 Å². The summed E-state index contributed by atoms with van der Waals surface area (Å²) in [6.45, 7) is 2.17. The van der Waals surface area contributed by atoms with E-state index in [0.29, 0.717) is 32.5 Å². The average molecular weight is 365 g/mol. The van der Waals surface area contributed by atoms with Crippen molar-refractivity contribution in [3.8, 4) is 5.75 Å². The van der Waals surface area contributed by atoms with Gasteiger partial charge >= 0.3 is 6.18 Å². The van der Waals surface area contributed by atoms with Crippen molar-refractivity contribution in [3.63, 3.8) is 0 Å². The van der Waals surface area contributed by atoms with E-state index in [1.165, 1.54) is 12.1 Å². The SMILES string of the molecule is OC1(COc2ccccc2)CCN(Cc2ccc(C(F)(F)F)cc2)CC1. The summed E-state index contributed by atoms with van der Waals surface area (Å²) in [4.78, 5) is 2.14. The van der Waals surface area contributed by atoms with Crippen molar-refractivity contribution in [1.29, 1.82) is 0 Å². The molecule has 3 rings (SSSR count). The quantitative estimate of drug-likeness (QED) is 0.866. The molecule has 2 aromatic carbocycles. The minimum absolute atomic E-state index is 0.241. The van der Waals surface area contributed by atoms with Crippen LogP contribution in [0.25, 0.3) is 0 Å². The van der Waals surface area contributed by atoms with Gasteiger partial charge in [0, 0.05) is 19.6 Å². The second kappa shape index (κ2) is 7.68. The molecular formula is C20H22F3NO2. The van der Waals surface area contributed by atoms with Crippen molar-refractivity contribution >= 4 is 0 Å². The maximum absolute atomic E-state index is 12.6. The van der Waals surface area contributed by atoms with Crippen molar-refractivity contribution in [2.75, 3.05) is 19.7 Å². The molecule has 0 radical (unpaired) electrons. The lowest BCUT2D eigenvalue weighted by atomic mass is 9.92. The van der Waals surface area contributed by atoms with Gasteiger partial charge in [-0.25, -0.2) is 0 Å². The molecule has 1 fully saturated rings. The van der Waals surface area contributed by atoms with Crippen LogP contribution in [0.5, 0.6) is 5.75 Å². The maximum atomic E-state index is 12.6. The fourth-order valence-corrected chi connectivity index (χ4v) is 3.06. The molecule has 0 atom stereocenters. The number of rotatable bonds is 5. The summed E-state index contributed by atoms with van der Waals surface area (Å²) in [5, 5.41) is 10.7. The van der Waals surface area contributed by atoms with Crippen molar-refractivity contribution < 1.29 is 23.0 Å². The number of piperidine rings is 1. The summed E-state index contributed by atoms with van der Waals surface area (Å²) in [6.07, 6.45) is -3.17. The first-order chi connectivity index (χ1) is 12.3. The summed E-state index contributed by atoms with van der Waals surface area (Å²) in [5.41, 5.74) is -0.664. The Morgan fingerprint density at radius 1 is 0.962 bits per heavy atom. The molecule has 26 heavy (non-hydrogen) atoms. The number of hydrogen-bond acceptors (Lipinski definition) is 3. The van der Waals surface area contributed by atoms with Gasteiger partial charge in [0.1, 0.15) is 18.0 Å². The molecule has 1 saturated heterocycles. The molecular weight excluding hydrogens is 343 g/mol. The van der Waals surface area contributed by atoms with Crippen molar-refractivity contribution in [1.82, 2.24) is 4.90 Å². The fourth-order valence-electron chi connectivity index (χ4n) is 3.06. The van der Waals surface area contributed by atoms with Gasteiger partial charge < -0.3 is 9.84 Å². The Morgan fingerprint density at radius 2 is 1.58 bits per heavy atom. The largest absolute Gasteiger partial charge is 0.491 e. The van der Waals surface area contributed by atoms with Crippen LogP contribution in [0.4, 0.5) is 13.2 Å². The van der Waals surface area contributed by atoms with Gasteiger partial charge in [0.2, 0.25) is 0 Å². The van der Waals surface area contributed by atoms with Crippen molar-refractivity contribution in [2.45, 2.75) is 31.2 Å². The first-order valence-corrected chi connectivity index (χ1v) is 8.63. The van der Waals surface area contributed by atoms with Crippen LogP contribution in [0.2, 0.25) is 0 Å². The highest BCUT2D eigenvalue weighted by molar-refractivity contribution is 5.24. The van der Waals surface area contributed by atoms with E-state index in [9.17, 15) is 18.3 Å². The van der Waals surface area contributed by atoms with Gasteiger partial charge in [-0.1, -0.05) is 30.3 Å². The number of nitrogens with zero attached hydrogens (tertiary/aromatic N) is 1. The highest BCUT2D eigenvalue weighted by Crippen LogP contribution is 2.30. The Balaban J connectivity index is 1.48. The molecule has 1 aliphatic rings. The summed E-state index contributed by atoms with van der Waals surface area (Å²) >= 11 is 0. The van der Waals surface area contributed by atoms with Crippen LogP contribution in [-0.2, 0) is 12.7 Å². The van der Waals surface area contributed by atoms with Gasteiger partial charge in [0.15, 0.2) is 0 Å². The predicted octanol–water partition coefficient (Wildman–Crippen LogP) is 4.11. The normalized spacial score (nSPS) is 17.8. The molecule has 0 aliphatic carbocycles. The molecule has 6 heteroatoms. The van der Waals surface area contributed by atoms with Crippen LogP contribution in [0.1, 0.15) is 24.0 Å². The highest BCUT2D eigenvalue weighted by atomic mass is 19.4. The molecule has 0 unspecified atom stereocenters. The van der Waals surface area contributed by atoms with Gasteiger partial charge in [0.25, 0.3) is 0 Å². The Hall–Kier alpha value is -2.05. The lowest BCUT2D eigenvalue weighted by Gasteiger charge is -2.38. The number of alkyl halides is 3. The van der Waals surface area contributed by atoms with Crippen LogP contribution >= 0.6 is 0 Å². The summed E-state index contributed by atoms with van der Waals surface area (Å²) in [5.74, 6) is 0.730. The lowest BCUT2D eigenvalue weighted by Crippen LogP contribution is -2.47. The molecule has 0 amide bonds. The van der Waals surface area contributed by atoms with E-state index in [2.05, 4.69) is 4.90 Å². The van der Waals surface area contributed by atoms with Gasteiger partial charge in [-0.15, -0.1) is 0 Å². The maximum Gasteiger partial charge on any atom is 0.416 e. The second-order valence-electron chi connectivity index (χ2n) is 6.80. The third-order valence-corrected chi connectivity index (χ3v) is 4.72. The molecule has 0 saturated carbocycles.